The number of amides is 1. The third-order valence-electron chi connectivity index (χ3n) is 2.70. The lowest BCUT2D eigenvalue weighted by atomic mass is 10.0. The molecule has 1 unspecified atom stereocenters. The summed E-state index contributed by atoms with van der Waals surface area (Å²) in [5.41, 5.74) is 0.538. The summed E-state index contributed by atoms with van der Waals surface area (Å²) in [5, 5.41) is 11.4. The molecule has 0 aliphatic carbocycles. The van der Waals surface area contributed by atoms with Crippen molar-refractivity contribution in [3.05, 3.63) is 17.3 Å². The number of carbonyl (C=O) groups is 2. The van der Waals surface area contributed by atoms with E-state index in [9.17, 15) is 9.59 Å². The van der Waals surface area contributed by atoms with Gasteiger partial charge in [-0.25, -0.2) is 4.98 Å². The van der Waals surface area contributed by atoms with Crippen LogP contribution in [-0.2, 0) is 4.79 Å². The van der Waals surface area contributed by atoms with Gasteiger partial charge in [0, 0.05) is 19.9 Å². The largest absolute Gasteiger partial charge is 0.481 e. The number of hydrogen-bond acceptors (Lipinski definition) is 4. The van der Waals surface area contributed by atoms with Crippen LogP contribution in [0.5, 0.6) is 0 Å². The van der Waals surface area contributed by atoms with Gasteiger partial charge < -0.3 is 14.8 Å². The number of nitrogens with zero attached hydrogens (tertiary/aromatic N) is 1. The number of carboxylic acids is 1. The molecule has 0 aliphatic heterocycles. The Morgan fingerprint density at radius 1 is 1.44 bits per heavy atom. The van der Waals surface area contributed by atoms with Gasteiger partial charge in [0.1, 0.15) is 0 Å². The molecule has 2 N–H and O–H groups in total. The Morgan fingerprint density at radius 3 is 2.56 bits per heavy atom. The molecule has 6 heteroatoms. The first kappa shape index (κ1) is 14.2. The van der Waals surface area contributed by atoms with E-state index < -0.39 is 5.97 Å². The number of carboxylic acid groups (broad SMARTS) is 1. The highest BCUT2D eigenvalue weighted by atomic mass is 16.4. The summed E-state index contributed by atoms with van der Waals surface area (Å²) in [6.07, 6.45) is 0.742. The van der Waals surface area contributed by atoms with Gasteiger partial charge in [-0.1, -0.05) is 13.3 Å². The third kappa shape index (κ3) is 3.87. The standard InChI is InChI=1S/C12H18N2O4/c1-4-9(5-10(15)16)6-13-12(17)11-7(2)14-8(3)18-11/h9H,4-6H2,1-3H3,(H,13,17)(H,15,16). The molecule has 1 rings (SSSR count). The highest BCUT2D eigenvalue weighted by molar-refractivity contribution is 5.92. The van der Waals surface area contributed by atoms with Crippen LogP contribution in [0, 0.1) is 19.8 Å². The fraction of sp³-hybridized carbons (Fsp3) is 0.583. The lowest BCUT2D eigenvalue weighted by Gasteiger charge is -2.12. The molecule has 1 heterocycles. The zero-order valence-electron chi connectivity index (χ0n) is 10.8. The molecule has 0 saturated heterocycles. The molecule has 100 valence electrons. The van der Waals surface area contributed by atoms with Gasteiger partial charge in [-0.3, -0.25) is 9.59 Å². The highest BCUT2D eigenvalue weighted by Gasteiger charge is 2.18. The maximum Gasteiger partial charge on any atom is 0.303 e. The molecule has 0 fully saturated rings. The summed E-state index contributed by atoms with van der Waals surface area (Å²) < 4.78 is 5.18. The second-order valence-electron chi connectivity index (χ2n) is 4.23. The summed E-state index contributed by atoms with van der Waals surface area (Å²) >= 11 is 0. The number of oxazole rings is 1. The molecule has 6 nitrogen and oxygen atoms in total. The SMILES string of the molecule is CCC(CNC(=O)c1oc(C)nc1C)CC(=O)O. The Hall–Kier alpha value is -1.85. The number of carbonyl (C=O) groups excluding carboxylic acids is 1. The van der Waals surface area contributed by atoms with E-state index in [2.05, 4.69) is 10.3 Å². The number of hydrogen-bond donors (Lipinski definition) is 2. The van der Waals surface area contributed by atoms with E-state index in [1.54, 1.807) is 13.8 Å². The first-order chi connectivity index (χ1) is 8.43. The molecule has 0 aliphatic rings. The van der Waals surface area contributed by atoms with Crippen LogP contribution in [0.2, 0.25) is 0 Å². The Balaban J connectivity index is 2.55. The van der Waals surface area contributed by atoms with E-state index in [1.807, 2.05) is 6.92 Å². The van der Waals surface area contributed by atoms with Crippen LogP contribution in [-0.4, -0.2) is 28.5 Å². The van der Waals surface area contributed by atoms with Gasteiger partial charge in [0.15, 0.2) is 5.89 Å². The van der Waals surface area contributed by atoms with Crippen molar-refractivity contribution in [3.8, 4) is 0 Å². The molecular weight excluding hydrogens is 236 g/mol. The Kier molecular flexibility index (Phi) is 4.88. The fourth-order valence-electron chi connectivity index (χ4n) is 1.67. The van der Waals surface area contributed by atoms with Gasteiger partial charge in [0.25, 0.3) is 5.91 Å². The number of rotatable bonds is 6. The number of aryl methyl sites for hydroxylation is 2. The van der Waals surface area contributed by atoms with E-state index in [0.717, 1.165) is 0 Å². The quantitative estimate of drug-likeness (QED) is 0.803. The summed E-state index contributed by atoms with van der Waals surface area (Å²) in [6, 6.07) is 0. The average molecular weight is 254 g/mol. The molecule has 0 spiro atoms. The molecule has 1 atom stereocenters. The molecule has 18 heavy (non-hydrogen) atoms. The van der Waals surface area contributed by atoms with Crippen LogP contribution in [0.3, 0.4) is 0 Å². The maximum atomic E-state index is 11.8. The van der Waals surface area contributed by atoms with Crippen molar-refractivity contribution in [2.24, 2.45) is 5.92 Å². The molecule has 0 bridgehead atoms. The van der Waals surface area contributed by atoms with Crippen molar-refractivity contribution in [2.45, 2.75) is 33.6 Å². The number of nitrogens with one attached hydrogen (secondary N) is 1. The first-order valence-electron chi connectivity index (χ1n) is 5.88. The second-order valence-corrected chi connectivity index (χ2v) is 4.23. The Labute approximate surface area is 105 Å². The minimum Gasteiger partial charge on any atom is -0.481 e. The summed E-state index contributed by atoms with van der Waals surface area (Å²) in [5.74, 6) is -0.650. The molecule has 0 radical (unpaired) electrons. The van der Waals surface area contributed by atoms with E-state index in [1.165, 1.54) is 0 Å². The van der Waals surface area contributed by atoms with Gasteiger partial charge in [0.2, 0.25) is 5.76 Å². The van der Waals surface area contributed by atoms with Crippen LogP contribution in [0.1, 0.15) is 41.9 Å². The van der Waals surface area contributed by atoms with Crippen molar-refractivity contribution >= 4 is 11.9 Å². The van der Waals surface area contributed by atoms with Gasteiger partial charge >= 0.3 is 5.97 Å². The lowest BCUT2D eigenvalue weighted by Crippen LogP contribution is -2.30. The lowest BCUT2D eigenvalue weighted by molar-refractivity contribution is -0.138. The second kappa shape index (κ2) is 6.18. The molecule has 1 aromatic heterocycles. The van der Waals surface area contributed by atoms with Crippen LogP contribution in [0.25, 0.3) is 0 Å². The predicted octanol–water partition coefficient (Wildman–Crippen LogP) is 1.52. The fourth-order valence-corrected chi connectivity index (χ4v) is 1.67. The maximum absolute atomic E-state index is 11.8. The topological polar surface area (TPSA) is 92.4 Å². The van der Waals surface area contributed by atoms with E-state index in [0.29, 0.717) is 24.6 Å². The Morgan fingerprint density at radius 2 is 2.11 bits per heavy atom. The van der Waals surface area contributed by atoms with Gasteiger partial charge in [-0.15, -0.1) is 0 Å². The van der Waals surface area contributed by atoms with E-state index in [-0.39, 0.29) is 24.0 Å². The van der Waals surface area contributed by atoms with Crippen molar-refractivity contribution in [1.82, 2.24) is 10.3 Å². The third-order valence-corrected chi connectivity index (χ3v) is 2.70. The first-order valence-corrected chi connectivity index (χ1v) is 5.88. The molecule has 0 saturated carbocycles. The smallest absolute Gasteiger partial charge is 0.303 e. The van der Waals surface area contributed by atoms with Crippen molar-refractivity contribution in [3.63, 3.8) is 0 Å². The average Bonchev–Trinajstić information content (AvgIpc) is 2.62. The summed E-state index contributed by atoms with van der Waals surface area (Å²) in [4.78, 5) is 26.4. The molecule has 1 aromatic rings. The predicted molar refractivity (Wildman–Crippen MR) is 64.3 cm³/mol. The van der Waals surface area contributed by atoms with Crippen molar-refractivity contribution < 1.29 is 19.1 Å². The van der Waals surface area contributed by atoms with Crippen LogP contribution in [0.4, 0.5) is 0 Å². The minimum atomic E-state index is -0.859. The zero-order chi connectivity index (χ0) is 13.7. The summed E-state index contributed by atoms with van der Waals surface area (Å²) in [7, 11) is 0. The molecule has 1 amide bonds. The highest BCUT2D eigenvalue weighted by Crippen LogP contribution is 2.10. The zero-order valence-corrected chi connectivity index (χ0v) is 10.8. The minimum absolute atomic E-state index is 0.0468. The van der Waals surface area contributed by atoms with Gasteiger partial charge in [-0.05, 0) is 12.8 Å². The molecular formula is C12H18N2O4. The van der Waals surface area contributed by atoms with Crippen LogP contribution in [0.15, 0.2) is 4.42 Å². The number of aliphatic carboxylic acids is 1. The van der Waals surface area contributed by atoms with Crippen molar-refractivity contribution in [1.29, 1.82) is 0 Å². The van der Waals surface area contributed by atoms with Crippen LogP contribution >= 0.6 is 0 Å². The van der Waals surface area contributed by atoms with Gasteiger partial charge in [-0.2, -0.15) is 0 Å². The van der Waals surface area contributed by atoms with Crippen molar-refractivity contribution in [2.75, 3.05) is 6.54 Å². The van der Waals surface area contributed by atoms with Crippen LogP contribution < -0.4 is 5.32 Å². The monoisotopic (exact) mass is 254 g/mol. The van der Waals surface area contributed by atoms with E-state index >= 15 is 0 Å². The van der Waals surface area contributed by atoms with Gasteiger partial charge in [0.05, 0.1) is 5.69 Å². The normalized spacial score (nSPS) is 12.2. The van der Waals surface area contributed by atoms with E-state index in [4.69, 9.17) is 9.52 Å². The number of aromatic nitrogens is 1. The Bertz CT molecular complexity index is 439. The summed E-state index contributed by atoms with van der Waals surface area (Å²) in [6.45, 7) is 5.58. The molecule has 0 aromatic carbocycles.